The predicted molar refractivity (Wildman–Crippen MR) is 86.6 cm³/mol. The van der Waals surface area contributed by atoms with E-state index in [1.807, 2.05) is 0 Å². The summed E-state index contributed by atoms with van der Waals surface area (Å²) in [6.07, 6.45) is 5.59. The summed E-state index contributed by atoms with van der Waals surface area (Å²) in [5, 5.41) is 12.7. The van der Waals surface area contributed by atoms with E-state index in [0.29, 0.717) is 16.9 Å². The Morgan fingerprint density at radius 1 is 1.16 bits per heavy atom. The van der Waals surface area contributed by atoms with Crippen LogP contribution in [0.3, 0.4) is 0 Å². The zero-order valence-corrected chi connectivity index (χ0v) is 14.3. The minimum absolute atomic E-state index is 0.262. The quantitative estimate of drug-likeness (QED) is 0.707. The van der Waals surface area contributed by atoms with Crippen LogP contribution in [0.1, 0.15) is 66.7 Å². The van der Waals surface area contributed by atoms with Gasteiger partial charge in [0.15, 0.2) is 0 Å². The lowest BCUT2D eigenvalue weighted by Crippen LogP contribution is -2.32. The van der Waals surface area contributed by atoms with Crippen LogP contribution in [0.15, 0.2) is 0 Å². The van der Waals surface area contributed by atoms with Gasteiger partial charge in [-0.25, -0.2) is 0 Å². The van der Waals surface area contributed by atoms with Crippen LogP contribution in [-0.4, -0.2) is 28.9 Å². The van der Waals surface area contributed by atoms with Gasteiger partial charge in [0.05, 0.1) is 0 Å². The molecule has 2 N–H and O–H groups in total. The first-order valence-electron chi connectivity index (χ1n) is 7.82. The highest BCUT2D eigenvalue weighted by Crippen LogP contribution is 2.40. The molecule has 3 heteroatoms. The van der Waals surface area contributed by atoms with E-state index in [9.17, 15) is 5.11 Å². The van der Waals surface area contributed by atoms with Crippen LogP contribution in [-0.2, 0) is 0 Å². The number of rotatable bonds is 8. The van der Waals surface area contributed by atoms with E-state index in [0.717, 1.165) is 18.6 Å². The van der Waals surface area contributed by atoms with E-state index in [1.165, 1.54) is 25.0 Å². The van der Waals surface area contributed by atoms with Gasteiger partial charge in [-0.1, -0.05) is 41.0 Å². The third kappa shape index (κ3) is 6.05. The fourth-order valence-electron chi connectivity index (χ4n) is 2.94. The molecule has 0 radical (unpaired) electrons. The summed E-state index contributed by atoms with van der Waals surface area (Å²) >= 11 is 2.06. The molecule has 0 aliphatic carbocycles. The smallest absolute Gasteiger partial charge is 0.105 e. The fourth-order valence-corrected chi connectivity index (χ4v) is 4.40. The average Bonchev–Trinajstić information content (AvgIpc) is 2.74. The van der Waals surface area contributed by atoms with Crippen LogP contribution in [0, 0.1) is 10.8 Å². The Balaban J connectivity index is 2.34. The van der Waals surface area contributed by atoms with E-state index in [2.05, 4.69) is 51.7 Å². The molecule has 19 heavy (non-hydrogen) atoms. The summed E-state index contributed by atoms with van der Waals surface area (Å²) in [5.41, 5.74) is 0.897. The Bertz CT molecular complexity index is 269. The molecule has 0 aromatic rings. The van der Waals surface area contributed by atoms with E-state index in [4.69, 9.17) is 0 Å². The molecule has 3 atom stereocenters. The first-order chi connectivity index (χ1) is 8.80. The molecular formula is C16H33NOS. The van der Waals surface area contributed by atoms with Gasteiger partial charge in [-0.15, -0.1) is 0 Å². The zero-order chi connectivity index (χ0) is 14.5. The lowest BCUT2D eigenvalue weighted by atomic mass is 9.72. The van der Waals surface area contributed by atoms with E-state index >= 15 is 0 Å². The molecular weight excluding hydrogens is 254 g/mol. The minimum atomic E-state index is -0.262. The summed E-state index contributed by atoms with van der Waals surface area (Å²) < 4.78 is 0. The van der Waals surface area contributed by atoms with E-state index < -0.39 is 0 Å². The molecule has 3 unspecified atom stereocenters. The van der Waals surface area contributed by atoms with Crippen molar-refractivity contribution in [3.05, 3.63) is 0 Å². The van der Waals surface area contributed by atoms with E-state index in [-0.39, 0.29) is 6.23 Å². The van der Waals surface area contributed by atoms with Gasteiger partial charge in [0.25, 0.3) is 0 Å². The molecule has 0 saturated carbocycles. The molecule has 1 aliphatic heterocycles. The fraction of sp³-hybridized carbons (Fsp3) is 1.00. The molecule has 0 bridgehead atoms. The maximum absolute atomic E-state index is 9.47. The van der Waals surface area contributed by atoms with Crippen molar-refractivity contribution in [1.29, 1.82) is 0 Å². The second-order valence-corrected chi connectivity index (χ2v) is 8.36. The van der Waals surface area contributed by atoms with Gasteiger partial charge in [-0.05, 0) is 42.3 Å². The van der Waals surface area contributed by atoms with Gasteiger partial charge < -0.3 is 5.11 Å². The van der Waals surface area contributed by atoms with Gasteiger partial charge in [0.2, 0.25) is 0 Å². The molecule has 1 heterocycles. The van der Waals surface area contributed by atoms with Gasteiger partial charge in [0, 0.05) is 11.8 Å². The Morgan fingerprint density at radius 2 is 1.84 bits per heavy atom. The normalized spacial score (nSPS) is 27.5. The number of aliphatic hydroxyl groups is 1. The third-order valence-corrected chi connectivity index (χ3v) is 6.24. The van der Waals surface area contributed by atoms with Gasteiger partial charge in [-0.3, -0.25) is 5.32 Å². The topological polar surface area (TPSA) is 32.3 Å². The molecule has 1 aliphatic rings. The molecule has 1 rings (SSSR count). The number of nitrogens with one attached hydrogen (secondary N) is 1. The van der Waals surface area contributed by atoms with Crippen molar-refractivity contribution < 1.29 is 5.11 Å². The summed E-state index contributed by atoms with van der Waals surface area (Å²) in [6, 6.07) is 0.514. The highest BCUT2D eigenvalue weighted by Gasteiger charge is 2.30. The third-order valence-electron chi connectivity index (χ3n) is 4.70. The van der Waals surface area contributed by atoms with Crippen molar-refractivity contribution in [1.82, 2.24) is 5.32 Å². The van der Waals surface area contributed by atoms with Gasteiger partial charge in [-0.2, -0.15) is 11.8 Å². The molecule has 0 aromatic carbocycles. The maximum atomic E-state index is 9.47. The Kier molecular flexibility index (Phi) is 6.68. The van der Waals surface area contributed by atoms with Crippen LogP contribution in [0.2, 0.25) is 0 Å². The lowest BCUT2D eigenvalue weighted by Gasteiger charge is -2.36. The van der Waals surface area contributed by atoms with Crippen molar-refractivity contribution in [3.63, 3.8) is 0 Å². The highest BCUT2D eigenvalue weighted by molar-refractivity contribution is 7.99. The van der Waals surface area contributed by atoms with Gasteiger partial charge in [0.1, 0.15) is 6.23 Å². The zero-order valence-electron chi connectivity index (χ0n) is 13.5. The van der Waals surface area contributed by atoms with Gasteiger partial charge >= 0.3 is 0 Å². The summed E-state index contributed by atoms with van der Waals surface area (Å²) in [5.74, 6) is 2.38. The van der Waals surface area contributed by atoms with Crippen molar-refractivity contribution in [3.8, 4) is 0 Å². The molecule has 2 nitrogen and oxygen atoms in total. The molecule has 1 fully saturated rings. The van der Waals surface area contributed by atoms with Crippen LogP contribution >= 0.6 is 11.8 Å². The van der Waals surface area contributed by atoms with Crippen molar-refractivity contribution in [2.45, 2.75) is 79.0 Å². The predicted octanol–water partition coefficient (Wildman–Crippen LogP) is 4.03. The van der Waals surface area contributed by atoms with Crippen LogP contribution in [0.4, 0.5) is 0 Å². The monoisotopic (exact) mass is 287 g/mol. The maximum Gasteiger partial charge on any atom is 0.105 e. The number of hydrogen-bond donors (Lipinski definition) is 2. The minimum Gasteiger partial charge on any atom is -0.379 e. The largest absolute Gasteiger partial charge is 0.379 e. The van der Waals surface area contributed by atoms with Crippen molar-refractivity contribution >= 4 is 11.8 Å². The Hall–Kier alpha value is 0.270. The summed E-state index contributed by atoms with van der Waals surface area (Å²) in [7, 11) is 0. The first kappa shape index (κ1) is 17.3. The van der Waals surface area contributed by atoms with Crippen LogP contribution in [0.5, 0.6) is 0 Å². The first-order valence-corrected chi connectivity index (χ1v) is 8.97. The molecule has 0 aromatic heterocycles. The molecule has 1 saturated heterocycles. The van der Waals surface area contributed by atoms with E-state index in [1.54, 1.807) is 0 Å². The summed E-state index contributed by atoms with van der Waals surface area (Å²) in [6.45, 7) is 11.8. The average molecular weight is 288 g/mol. The lowest BCUT2D eigenvalue weighted by molar-refractivity contribution is 0.156. The molecule has 0 amide bonds. The molecule has 0 spiro atoms. The van der Waals surface area contributed by atoms with Crippen molar-refractivity contribution in [2.75, 3.05) is 11.5 Å². The number of thioether (sulfide) groups is 1. The highest BCUT2D eigenvalue weighted by atomic mass is 32.2. The Labute approximate surface area is 124 Å². The standard InChI is InChI=1S/C16H33NOS/c1-6-15(3,4)11-16(5,7-2)12-19-10-13-8-9-14(18)17-13/h13-14,17-18H,6-12H2,1-5H3. The SMILES string of the molecule is CCC(C)(C)CC(C)(CC)CSCC1CCC(O)N1. The van der Waals surface area contributed by atoms with Crippen LogP contribution in [0.25, 0.3) is 0 Å². The number of aliphatic hydroxyl groups excluding tert-OH is 1. The summed E-state index contributed by atoms with van der Waals surface area (Å²) in [4.78, 5) is 0. The second-order valence-electron chi connectivity index (χ2n) is 7.33. The van der Waals surface area contributed by atoms with Crippen molar-refractivity contribution in [2.24, 2.45) is 10.8 Å². The Morgan fingerprint density at radius 3 is 2.32 bits per heavy atom. The number of hydrogen-bond acceptors (Lipinski definition) is 3. The van der Waals surface area contributed by atoms with Crippen LogP contribution < -0.4 is 5.32 Å². The second kappa shape index (κ2) is 7.33. The molecule has 114 valence electrons.